The van der Waals surface area contributed by atoms with Crippen LogP contribution in [0.4, 0.5) is 0 Å². The van der Waals surface area contributed by atoms with Gasteiger partial charge in [-0.3, -0.25) is 4.68 Å². The molecule has 108 valence electrons. The predicted molar refractivity (Wildman–Crippen MR) is 76.4 cm³/mol. The molecular weight excluding hydrogens is 276 g/mol. The van der Waals surface area contributed by atoms with Crippen molar-refractivity contribution in [3.8, 4) is 0 Å². The van der Waals surface area contributed by atoms with Gasteiger partial charge in [-0.2, -0.15) is 5.10 Å². The first-order valence-electron chi connectivity index (χ1n) is 6.28. The maximum Gasteiger partial charge on any atom is 0.243 e. The second-order valence-electron chi connectivity index (χ2n) is 4.55. The van der Waals surface area contributed by atoms with E-state index in [9.17, 15) is 8.42 Å². The van der Waals surface area contributed by atoms with Gasteiger partial charge in [-0.1, -0.05) is 30.3 Å². The van der Waals surface area contributed by atoms with Gasteiger partial charge in [0.2, 0.25) is 10.0 Å². The van der Waals surface area contributed by atoms with Gasteiger partial charge in [-0.25, -0.2) is 13.1 Å². The zero-order valence-corrected chi connectivity index (χ0v) is 12.0. The van der Waals surface area contributed by atoms with Crippen LogP contribution < -0.4 is 10.5 Å². The number of hydrogen-bond donors (Lipinski definition) is 2. The first-order chi connectivity index (χ1) is 9.49. The first-order valence-corrected chi connectivity index (χ1v) is 7.76. The summed E-state index contributed by atoms with van der Waals surface area (Å²) in [6, 6.07) is 9.42. The van der Waals surface area contributed by atoms with E-state index < -0.39 is 10.0 Å². The van der Waals surface area contributed by atoms with Crippen LogP contribution >= 0.6 is 0 Å². The van der Waals surface area contributed by atoms with Crippen molar-refractivity contribution in [2.24, 2.45) is 12.8 Å². The van der Waals surface area contributed by atoms with E-state index in [1.54, 1.807) is 7.05 Å². The van der Waals surface area contributed by atoms with E-state index in [0.29, 0.717) is 6.42 Å². The molecule has 1 heterocycles. The molecule has 2 rings (SSSR count). The maximum atomic E-state index is 12.0. The Kier molecular flexibility index (Phi) is 4.53. The van der Waals surface area contributed by atoms with E-state index in [4.69, 9.17) is 5.73 Å². The van der Waals surface area contributed by atoms with Crippen molar-refractivity contribution >= 4 is 10.0 Å². The number of nitrogens with two attached hydrogens (primary N) is 1. The number of nitrogens with one attached hydrogen (secondary N) is 1. The molecule has 0 aliphatic heterocycles. The van der Waals surface area contributed by atoms with E-state index in [2.05, 4.69) is 9.82 Å². The molecule has 0 saturated heterocycles. The van der Waals surface area contributed by atoms with Crippen LogP contribution in [0.2, 0.25) is 0 Å². The van der Waals surface area contributed by atoms with Gasteiger partial charge < -0.3 is 5.73 Å². The molecule has 0 spiro atoms. The van der Waals surface area contributed by atoms with Gasteiger partial charge in [0.15, 0.2) is 0 Å². The third kappa shape index (κ3) is 3.66. The van der Waals surface area contributed by atoms with Crippen LogP contribution in [0.15, 0.2) is 47.6 Å². The minimum Gasteiger partial charge on any atom is -0.324 e. The fourth-order valence-corrected chi connectivity index (χ4v) is 2.87. The van der Waals surface area contributed by atoms with Crippen molar-refractivity contribution in [2.75, 3.05) is 6.54 Å². The number of nitrogens with zero attached hydrogens (tertiary/aromatic N) is 2. The Morgan fingerprint density at radius 2 is 2.05 bits per heavy atom. The van der Waals surface area contributed by atoms with Crippen molar-refractivity contribution in [3.05, 3.63) is 48.3 Å². The maximum absolute atomic E-state index is 12.0. The van der Waals surface area contributed by atoms with Crippen LogP contribution in [-0.4, -0.2) is 24.7 Å². The quantitative estimate of drug-likeness (QED) is 0.824. The first kappa shape index (κ1) is 14.7. The highest BCUT2D eigenvalue weighted by molar-refractivity contribution is 7.89. The molecule has 6 nitrogen and oxygen atoms in total. The molecule has 2 aromatic rings. The summed E-state index contributed by atoms with van der Waals surface area (Å²) in [6.45, 7) is 0.285. The van der Waals surface area contributed by atoms with Crippen LogP contribution in [-0.2, 0) is 17.1 Å². The highest BCUT2D eigenvalue weighted by Gasteiger charge is 2.16. The Morgan fingerprint density at radius 1 is 1.35 bits per heavy atom. The molecule has 1 atom stereocenters. The largest absolute Gasteiger partial charge is 0.324 e. The molecule has 20 heavy (non-hydrogen) atoms. The molecule has 3 N–H and O–H groups in total. The number of benzene rings is 1. The highest BCUT2D eigenvalue weighted by atomic mass is 32.2. The molecule has 0 fully saturated rings. The van der Waals surface area contributed by atoms with Gasteiger partial charge in [-0.15, -0.1) is 0 Å². The summed E-state index contributed by atoms with van der Waals surface area (Å²) in [4.78, 5) is 0.160. The van der Waals surface area contributed by atoms with E-state index >= 15 is 0 Å². The van der Waals surface area contributed by atoms with Crippen molar-refractivity contribution in [2.45, 2.75) is 17.4 Å². The normalized spacial score (nSPS) is 13.3. The topological polar surface area (TPSA) is 90.0 Å². The summed E-state index contributed by atoms with van der Waals surface area (Å²) in [5.74, 6) is 0. The molecule has 7 heteroatoms. The van der Waals surface area contributed by atoms with Crippen molar-refractivity contribution < 1.29 is 8.42 Å². The Morgan fingerprint density at radius 3 is 2.65 bits per heavy atom. The standard InChI is InChI=1S/C13H18N4O2S/c1-17-10-12(9-15-17)20(18,19)16-8-7-13(14)11-5-3-2-4-6-11/h2-6,9-10,13,16H,7-8,14H2,1H3. The van der Waals surface area contributed by atoms with Gasteiger partial charge in [0.1, 0.15) is 4.90 Å². The molecular formula is C13H18N4O2S. The fraction of sp³-hybridized carbons (Fsp3) is 0.308. The Hall–Kier alpha value is -1.70. The summed E-state index contributed by atoms with van der Waals surface area (Å²) >= 11 is 0. The summed E-state index contributed by atoms with van der Waals surface area (Å²) < 4.78 is 27.9. The minimum atomic E-state index is -3.51. The summed E-state index contributed by atoms with van der Waals surface area (Å²) in [5.41, 5.74) is 7.01. The SMILES string of the molecule is Cn1cc(S(=O)(=O)NCCC(N)c2ccccc2)cn1. The highest BCUT2D eigenvalue weighted by Crippen LogP contribution is 2.13. The molecule has 0 saturated carbocycles. The summed E-state index contributed by atoms with van der Waals surface area (Å²) in [5, 5.41) is 3.85. The Bertz CT molecular complexity index is 652. The van der Waals surface area contributed by atoms with E-state index in [1.165, 1.54) is 17.1 Å². The van der Waals surface area contributed by atoms with Crippen LogP contribution in [0.3, 0.4) is 0 Å². The van der Waals surface area contributed by atoms with Crippen molar-refractivity contribution in [1.29, 1.82) is 0 Å². The third-order valence-electron chi connectivity index (χ3n) is 2.97. The fourth-order valence-electron chi connectivity index (χ4n) is 1.84. The van der Waals surface area contributed by atoms with Crippen molar-refractivity contribution in [1.82, 2.24) is 14.5 Å². The molecule has 0 radical (unpaired) electrons. The zero-order chi connectivity index (χ0) is 14.6. The molecule has 0 aliphatic rings. The number of aromatic nitrogens is 2. The van der Waals surface area contributed by atoms with Gasteiger partial charge in [-0.05, 0) is 12.0 Å². The van der Waals surface area contributed by atoms with Crippen molar-refractivity contribution in [3.63, 3.8) is 0 Å². The lowest BCUT2D eigenvalue weighted by Gasteiger charge is -2.12. The number of sulfonamides is 1. The smallest absolute Gasteiger partial charge is 0.243 e. The lowest BCUT2D eigenvalue weighted by atomic mass is 10.1. The molecule has 0 amide bonds. The van der Waals surface area contributed by atoms with E-state index in [1.807, 2.05) is 30.3 Å². The van der Waals surface area contributed by atoms with Crippen LogP contribution in [0.25, 0.3) is 0 Å². The van der Waals surface area contributed by atoms with Gasteiger partial charge in [0, 0.05) is 25.8 Å². The molecule has 0 bridgehead atoms. The molecule has 1 aromatic carbocycles. The third-order valence-corrected chi connectivity index (χ3v) is 4.38. The number of rotatable bonds is 6. The van der Waals surface area contributed by atoms with Gasteiger partial charge in [0.05, 0.1) is 6.20 Å². The number of aryl methyl sites for hydroxylation is 1. The number of hydrogen-bond acceptors (Lipinski definition) is 4. The second-order valence-corrected chi connectivity index (χ2v) is 6.32. The summed E-state index contributed by atoms with van der Waals surface area (Å²) in [6.07, 6.45) is 3.31. The Balaban J connectivity index is 1.90. The van der Waals surface area contributed by atoms with Gasteiger partial charge >= 0.3 is 0 Å². The van der Waals surface area contributed by atoms with Gasteiger partial charge in [0.25, 0.3) is 0 Å². The predicted octanol–water partition coefficient (Wildman–Crippen LogP) is 0.789. The van der Waals surface area contributed by atoms with E-state index in [-0.39, 0.29) is 17.5 Å². The van der Waals surface area contributed by atoms with Crippen LogP contribution in [0.5, 0.6) is 0 Å². The monoisotopic (exact) mass is 294 g/mol. The van der Waals surface area contributed by atoms with Crippen LogP contribution in [0.1, 0.15) is 18.0 Å². The molecule has 1 unspecified atom stereocenters. The molecule has 1 aromatic heterocycles. The lowest BCUT2D eigenvalue weighted by Crippen LogP contribution is -2.27. The van der Waals surface area contributed by atoms with E-state index in [0.717, 1.165) is 5.56 Å². The van der Waals surface area contributed by atoms with Crippen LogP contribution in [0, 0.1) is 0 Å². The Labute approximate surface area is 118 Å². The summed E-state index contributed by atoms with van der Waals surface area (Å²) in [7, 11) is -1.84. The lowest BCUT2D eigenvalue weighted by molar-refractivity contribution is 0.569. The zero-order valence-electron chi connectivity index (χ0n) is 11.2. The second kappa shape index (κ2) is 6.17. The minimum absolute atomic E-state index is 0.160. The average molecular weight is 294 g/mol. The average Bonchev–Trinajstić information content (AvgIpc) is 2.87. The molecule has 0 aliphatic carbocycles.